The Morgan fingerprint density at radius 1 is 1.12 bits per heavy atom. The minimum atomic E-state index is 0.000963. The van der Waals surface area contributed by atoms with E-state index < -0.39 is 0 Å². The molecule has 2 aromatic carbocycles. The fourth-order valence-electron chi connectivity index (χ4n) is 2.60. The van der Waals surface area contributed by atoms with Crippen LogP contribution in [0.15, 0.2) is 48.7 Å². The van der Waals surface area contributed by atoms with E-state index in [0.29, 0.717) is 23.0 Å². The molecule has 2 heterocycles. The molecule has 0 saturated carbocycles. The molecule has 2 aromatic heterocycles. The van der Waals surface area contributed by atoms with Gasteiger partial charge in [-0.1, -0.05) is 0 Å². The van der Waals surface area contributed by atoms with E-state index in [-0.39, 0.29) is 11.7 Å². The zero-order valence-corrected chi connectivity index (χ0v) is 13.9. The number of ether oxygens (including phenoxy) is 1. The first-order valence-electron chi connectivity index (χ1n) is 7.89. The second-order valence-corrected chi connectivity index (χ2v) is 5.78. The van der Waals surface area contributed by atoms with Crippen LogP contribution in [-0.4, -0.2) is 25.3 Å². The lowest BCUT2D eigenvalue weighted by molar-refractivity contribution is 0.412. The Labute approximate surface area is 148 Å². The Hall–Kier alpha value is -3.81. The first kappa shape index (κ1) is 15.7. The fourth-order valence-corrected chi connectivity index (χ4v) is 2.60. The molecule has 0 bridgehead atoms. The number of nitrogens with one attached hydrogen (secondary N) is 2. The molecule has 130 valence electrons. The average Bonchev–Trinajstić information content (AvgIpc) is 3.04. The van der Waals surface area contributed by atoms with Crippen molar-refractivity contribution in [2.24, 2.45) is 0 Å². The lowest BCUT2D eigenvalue weighted by Gasteiger charge is -2.11. The van der Waals surface area contributed by atoms with E-state index >= 15 is 0 Å². The van der Waals surface area contributed by atoms with Gasteiger partial charge in [0.15, 0.2) is 11.5 Å². The van der Waals surface area contributed by atoms with E-state index in [9.17, 15) is 5.11 Å². The Kier molecular flexibility index (Phi) is 3.77. The molecule has 4 aromatic rings. The summed E-state index contributed by atoms with van der Waals surface area (Å²) in [5.41, 5.74) is 7.96. The van der Waals surface area contributed by atoms with Gasteiger partial charge >= 0.3 is 0 Å². The third-order valence-electron chi connectivity index (χ3n) is 3.74. The molecule has 0 radical (unpaired) electrons. The molecule has 8 heteroatoms. The van der Waals surface area contributed by atoms with E-state index in [1.54, 1.807) is 36.5 Å². The Morgan fingerprint density at radius 3 is 2.81 bits per heavy atom. The summed E-state index contributed by atoms with van der Waals surface area (Å²) in [6.07, 6.45) is 1.71. The van der Waals surface area contributed by atoms with E-state index in [0.717, 1.165) is 16.6 Å². The van der Waals surface area contributed by atoms with Gasteiger partial charge in [0.25, 0.3) is 0 Å². The highest BCUT2D eigenvalue weighted by atomic mass is 16.5. The SMILES string of the molecule is Cc1cc(Nc2ccc(Oc3ccc4[nH]ncc4c3)c(O)c2)nc(N)n1. The molecular formula is C18H16N6O2. The number of anilines is 3. The minimum Gasteiger partial charge on any atom is -0.504 e. The number of phenolic OH excluding ortho intramolecular Hbond substituents is 1. The molecular weight excluding hydrogens is 332 g/mol. The molecule has 0 atom stereocenters. The van der Waals surface area contributed by atoms with Gasteiger partial charge in [-0.15, -0.1) is 0 Å². The second-order valence-electron chi connectivity index (χ2n) is 5.78. The smallest absolute Gasteiger partial charge is 0.222 e. The van der Waals surface area contributed by atoms with Crippen LogP contribution in [0.2, 0.25) is 0 Å². The van der Waals surface area contributed by atoms with E-state index in [2.05, 4.69) is 25.5 Å². The van der Waals surface area contributed by atoms with Gasteiger partial charge in [-0.25, -0.2) is 4.98 Å². The highest BCUT2D eigenvalue weighted by Gasteiger charge is 2.08. The Morgan fingerprint density at radius 2 is 2.00 bits per heavy atom. The Balaban J connectivity index is 1.55. The predicted molar refractivity (Wildman–Crippen MR) is 98.7 cm³/mol. The maximum absolute atomic E-state index is 10.3. The largest absolute Gasteiger partial charge is 0.504 e. The van der Waals surface area contributed by atoms with Gasteiger partial charge in [0.05, 0.1) is 11.7 Å². The van der Waals surface area contributed by atoms with Crippen LogP contribution >= 0.6 is 0 Å². The number of rotatable bonds is 4. The number of nitrogen functional groups attached to an aromatic ring is 1. The molecule has 8 nitrogen and oxygen atoms in total. The third kappa shape index (κ3) is 3.20. The summed E-state index contributed by atoms with van der Waals surface area (Å²) in [6.45, 7) is 1.83. The number of benzene rings is 2. The van der Waals surface area contributed by atoms with Gasteiger partial charge in [-0.3, -0.25) is 5.10 Å². The molecule has 0 unspecified atom stereocenters. The molecule has 0 aliphatic rings. The highest BCUT2D eigenvalue weighted by Crippen LogP contribution is 2.34. The van der Waals surface area contributed by atoms with Crippen molar-refractivity contribution in [3.05, 3.63) is 54.4 Å². The van der Waals surface area contributed by atoms with Crippen LogP contribution in [0, 0.1) is 6.92 Å². The number of nitrogens with two attached hydrogens (primary N) is 1. The quantitative estimate of drug-likeness (QED) is 0.445. The van der Waals surface area contributed by atoms with Crippen molar-refractivity contribution in [2.75, 3.05) is 11.1 Å². The minimum absolute atomic E-state index is 0.000963. The number of aromatic amines is 1. The molecule has 0 saturated heterocycles. The van der Waals surface area contributed by atoms with Crippen LogP contribution in [0.5, 0.6) is 17.2 Å². The third-order valence-corrected chi connectivity index (χ3v) is 3.74. The second kappa shape index (κ2) is 6.25. The number of nitrogens with zero attached hydrogens (tertiary/aromatic N) is 3. The standard InChI is InChI=1S/C18H16N6O2/c1-10-6-17(23-18(19)21-10)22-12-2-5-16(15(25)8-12)26-13-3-4-14-11(7-13)9-20-24-14/h2-9,25H,1H3,(H,20,24)(H3,19,21,22,23). The number of H-pyrrole nitrogens is 1. The summed E-state index contributed by atoms with van der Waals surface area (Å²) in [4.78, 5) is 8.13. The maximum atomic E-state index is 10.3. The zero-order chi connectivity index (χ0) is 18.1. The summed E-state index contributed by atoms with van der Waals surface area (Å²) >= 11 is 0. The van der Waals surface area contributed by atoms with Crippen molar-refractivity contribution in [1.82, 2.24) is 20.2 Å². The first-order valence-corrected chi connectivity index (χ1v) is 7.89. The average molecular weight is 348 g/mol. The fraction of sp³-hybridized carbons (Fsp3) is 0.0556. The summed E-state index contributed by atoms with van der Waals surface area (Å²) < 4.78 is 5.76. The van der Waals surface area contributed by atoms with Gasteiger partial charge in [0, 0.05) is 28.9 Å². The van der Waals surface area contributed by atoms with Gasteiger partial charge in [-0.2, -0.15) is 10.1 Å². The van der Waals surface area contributed by atoms with Crippen molar-refractivity contribution in [1.29, 1.82) is 0 Å². The summed E-state index contributed by atoms with van der Waals surface area (Å²) in [7, 11) is 0. The number of aryl methyl sites for hydroxylation is 1. The lowest BCUT2D eigenvalue weighted by Crippen LogP contribution is -2.01. The maximum Gasteiger partial charge on any atom is 0.222 e. The number of fused-ring (bicyclic) bond motifs is 1. The molecule has 0 fully saturated rings. The van der Waals surface area contributed by atoms with Crippen LogP contribution in [0.3, 0.4) is 0 Å². The molecule has 4 rings (SSSR count). The molecule has 0 aliphatic heterocycles. The molecule has 0 amide bonds. The summed E-state index contributed by atoms with van der Waals surface area (Å²) in [6, 6.07) is 12.3. The van der Waals surface area contributed by atoms with Gasteiger partial charge < -0.3 is 20.9 Å². The summed E-state index contributed by atoms with van der Waals surface area (Å²) in [5, 5.41) is 21.1. The normalized spacial score (nSPS) is 10.8. The molecule has 0 aliphatic carbocycles. The number of hydrogen-bond acceptors (Lipinski definition) is 7. The van der Waals surface area contributed by atoms with Crippen LogP contribution in [0.1, 0.15) is 5.69 Å². The van der Waals surface area contributed by atoms with E-state index in [4.69, 9.17) is 10.5 Å². The van der Waals surface area contributed by atoms with Crippen LogP contribution in [0.25, 0.3) is 10.9 Å². The van der Waals surface area contributed by atoms with Crippen molar-refractivity contribution in [2.45, 2.75) is 6.92 Å². The Bertz CT molecular complexity index is 1070. The first-order chi connectivity index (χ1) is 12.6. The number of aromatic hydroxyl groups is 1. The van der Waals surface area contributed by atoms with Gasteiger partial charge in [-0.05, 0) is 37.3 Å². The van der Waals surface area contributed by atoms with Crippen molar-refractivity contribution in [3.63, 3.8) is 0 Å². The number of phenols is 1. The van der Waals surface area contributed by atoms with Crippen molar-refractivity contribution in [3.8, 4) is 17.2 Å². The monoisotopic (exact) mass is 348 g/mol. The summed E-state index contributed by atoms with van der Waals surface area (Å²) in [5.74, 6) is 1.69. The van der Waals surface area contributed by atoms with Crippen molar-refractivity contribution >= 4 is 28.4 Å². The lowest BCUT2D eigenvalue weighted by atomic mass is 10.2. The van der Waals surface area contributed by atoms with E-state index in [1.165, 1.54) is 0 Å². The molecule has 5 N–H and O–H groups in total. The molecule has 0 spiro atoms. The van der Waals surface area contributed by atoms with Crippen LogP contribution in [0.4, 0.5) is 17.5 Å². The topological polar surface area (TPSA) is 122 Å². The number of hydrogen-bond donors (Lipinski definition) is 4. The van der Waals surface area contributed by atoms with Gasteiger partial charge in [0.1, 0.15) is 11.6 Å². The molecule has 26 heavy (non-hydrogen) atoms. The van der Waals surface area contributed by atoms with Gasteiger partial charge in [0.2, 0.25) is 5.95 Å². The number of aromatic nitrogens is 4. The van der Waals surface area contributed by atoms with E-state index in [1.807, 2.05) is 19.1 Å². The van der Waals surface area contributed by atoms with Crippen LogP contribution in [-0.2, 0) is 0 Å². The van der Waals surface area contributed by atoms with Crippen molar-refractivity contribution < 1.29 is 9.84 Å². The predicted octanol–water partition coefficient (Wildman–Crippen LogP) is 3.49. The highest BCUT2D eigenvalue weighted by molar-refractivity contribution is 5.79. The van der Waals surface area contributed by atoms with Crippen LogP contribution < -0.4 is 15.8 Å². The zero-order valence-electron chi connectivity index (χ0n) is 13.9.